The van der Waals surface area contributed by atoms with Crippen molar-refractivity contribution in [2.45, 2.75) is 39.0 Å². The van der Waals surface area contributed by atoms with E-state index in [-0.39, 0.29) is 24.5 Å². The van der Waals surface area contributed by atoms with Gasteiger partial charge in [0.15, 0.2) is 5.13 Å². The molecule has 29 heavy (non-hydrogen) atoms. The fourth-order valence-corrected chi connectivity index (χ4v) is 4.92. The summed E-state index contributed by atoms with van der Waals surface area (Å²) < 4.78 is 5.77. The molecule has 9 heteroatoms. The number of ether oxygens (including phenoxy) is 1. The van der Waals surface area contributed by atoms with Crippen LogP contribution in [0.2, 0.25) is 0 Å². The Morgan fingerprint density at radius 3 is 2.72 bits per heavy atom. The third-order valence-electron chi connectivity index (χ3n) is 4.46. The number of carbonyl (C=O) groups excluding carboxylic acids is 1. The Hall–Kier alpha value is -2.20. The van der Waals surface area contributed by atoms with Gasteiger partial charge in [0, 0.05) is 36.6 Å². The smallest absolute Gasteiger partial charge is 0.232 e. The molecule has 1 saturated heterocycles. The molecule has 4 heterocycles. The van der Waals surface area contributed by atoms with Gasteiger partial charge in [0.25, 0.3) is 0 Å². The van der Waals surface area contributed by atoms with Crippen LogP contribution < -0.4 is 5.32 Å². The van der Waals surface area contributed by atoms with Crippen LogP contribution in [0.1, 0.15) is 25.2 Å². The lowest BCUT2D eigenvalue weighted by atomic mass is 10.2. The zero-order valence-corrected chi connectivity index (χ0v) is 18.0. The van der Waals surface area contributed by atoms with Crippen LogP contribution in [0.5, 0.6) is 0 Å². The second kappa shape index (κ2) is 9.08. The molecule has 3 aromatic rings. The number of thiazole rings is 2. The second-order valence-corrected chi connectivity index (χ2v) is 8.90. The van der Waals surface area contributed by atoms with Crippen LogP contribution in [0, 0.1) is 0 Å². The number of carbonyl (C=O) groups is 1. The number of rotatable bonds is 6. The summed E-state index contributed by atoms with van der Waals surface area (Å²) in [5.41, 5.74) is 2.53. The molecule has 1 amide bonds. The van der Waals surface area contributed by atoms with Gasteiger partial charge in [-0.05, 0) is 26.0 Å². The predicted molar refractivity (Wildman–Crippen MR) is 115 cm³/mol. The lowest BCUT2D eigenvalue weighted by molar-refractivity contribution is -0.115. The molecule has 0 saturated carbocycles. The topological polar surface area (TPSA) is 80.2 Å². The van der Waals surface area contributed by atoms with Crippen molar-refractivity contribution < 1.29 is 9.53 Å². The summed E-state index contributed by atoms with van der Waals surface area (Å²) in [6, 6.07) is 5.71. The molecular formula is C20H23N5O2S2. The summed E-state index contributed by atoms with van der Waals surface area (Å²) in [6.45, 7) is 6.74. The van der Waals surface area contributed by atoms with E-state index < -0.39 is 0 Å². The number of nitrogens with one attached hydrogen (secondary N) is 1. The minimum absolute atomic E-state index is 0.114. The first-order chi connectivity index (χ1) is 14.0. The number of pyridine rings is 1. The summed E-state index contributed by atoms with van der Waals surface area (Å²) in [6.07, 6.45) is 2.41. The minimum Gasteiger partial charge on any atom is -0.373 e. The van der Waals surface area contributed by atoms with Crippen LogP contribution in [0.4, 0.5) is 5.13 Å². The van der Waals surface area contributed by atoms with Crippen molar-refractivity contribution in [3.63, 3.8) is 0 Å². The molecule has 0 aromatic carbocycles. The highest BCUT2D eigenvalue weighted by atomic mass is 32.1. The molecule has 4 rings (SSSR count). The first kappa shape index (κ1) is 20.1. The molecule has 1 aliphatic heterocycles. The minimum atomic E-state index is -0.114. The van der Waals surface area contributed by atoms with Crippen LogP contribution in [0.3, 0.4) is 0 Å². The van der Waals surface area contributed by atoms with Crippen LogP contribution in [-0.4, -0.2) is 51.1 Å². The van der Waals surface area contributed by atoms with Crippen LogP contribution in [-0.2, 0) is 22.5 Å². The fraction of sp³-hybridized carbons (Fsp3) is 0.400. The van der Waals surface area contributed by atoms with Gasteiger partial charge in [-0.3, -0.25) is 14.7 Å². The van der Waals surface area contributed by atoms with E-state index in [0.717, 1.165) is 41.7 Å². The Kier molecular flexibility index (Phi) is 6.29. The van der Waals surface area contributed by atoms with E-state index in [9.17, 15) is 4.79 Å². The molecule has 2 unspecified atom stereocenters. The quantitative estimate of drug-likeness (QED) is 0.646. The van der Waals surface area contributed by atoms with Gasteiger partial charge in [-0.15, -0.1) is 22.7 Å². The first-order valence-corrected chi connectivity index (χ1v) is 11.3. The molecule has 0 radical (unpaired) electrons. The highest BCUT2D eigenvalue weighted by molar-refractivity contribution is 7.14. The monoisotopic (exact) mass is 429 g/mol. The molecular weight excluding hydrogens is 406 g/mol. The Morgan fingerprint density at radius 2 is 1.97 bits per heavy atom. The SMILES string of the molecule is CC1CN(Cc2csc(NC(=O)Cc3csc(-c4ccccn4)n3)n2)CC(C)O1. The average Bonchev–Trinajstić information content (AvgIpc) is 3.31. The highest BCUT2D eigenvalue weighted by Gasteiger charge is 2.22. The van der Waals surface area contributed by atoms with Gasteiger partial charge >= 0.3 is 0 Å². The largest absolute Gasteiger partial charge is 0.373 e. The Balaban J connectivity index is 1.31. The van der Waals surface area contributed by atoms with Crippen molar-refractivity contribution >= 4 is 33.7 Å². The maximum atomic E-state index is 12.4. The highest BCUT2D eigenvalue weighted by Crippen LogP contribution is 2.22. The number of amides is 1. The number of nitrogens with zero attached hydrogens (tertiary/aromatic N) is 4. The fourth-order valence-electron chi connectivity index (χ4n) is 3.40. The summed E-state index contributed by atoms with van der Waals surface area (Å²) >= 11 is 2.94. The van der Waals surface area contributed by atoms with Gasteiger partial charge in [0.1, 0.15) is 5.01 Å². The van der Waals surface area contributed by atoms with Crippen molar-refractivity contribution in [2.75, 3.05) is 18.4 Å². The van der Waals surface area contributed by atoms with E-state index in [2.05, 4.69) is 39.0 Å². The number of anilines is 1. The maximum absolute atomic E-state index is 12.4. The second-order valence-electron chi connectivity index (χ2n) is 7.18. The van der Waals surface area contributed by atoms with Crippen molar-refractivity contribution in [3.05, 3.63) is 46.5 Å². The molecule has 7 nitrogen and oxygen atoms in total. The zero-order valence-electron chi connectivity index (χ0n) is 16.4. The molecule has 0 bridgehead atoms. The van der Waals surface area contributed by atoms with Gasteiger partial charge < -0.3 is 10.1 Å². The van der Waals surface area contributed by atoms with Gasteiger partial charge in [0.2, 0.25) is 5.91 Å². The third-order valence-corrected chi connectivity index (χ3v) is 6.18. The summed E-state index contributed by atoms with van der Waals surface area (Å²) in [4.78, 5) is 28.1. The van der Waals surface area contributed by atoms with Crippen molar-refractivity contribution in [3.8, 4) is 10.7 Å². The van der Waals surface area contributed by atoms with Crippen molar-refractivity contribution in [1.82, 2.24) is 19.9 Å². The van der Waals surface area contributed by atoms with E-state index in [1.165, 1.54) is 22.7 Å². The lowest BCUT2D eigenvalue weighted by Crippen LogP contribution is -2.44. The standard InChI is InChI=1S/C20H23N5O2S2/c1-13-8-25(9-14(2)27-13)10-16-12-29-20(23-16)24-18(26)7-15-11-28-19(22-15)17-5-3-4-6-21-17/h3-6,11-14H,7-10H2,1-2H3,(H,23,24,26). The normalized spacial score (nSPS) is 19.9. The van der Waals surface area contributed by atoms with E-state index in [1.54, 1.807) is 6.20 Å². The number of morpholine rings is 1. The summed E-state index contributed by atoms with van der Waals surface area (Å²) in [7, 11) is 0. The van der Waals surface area contributed by atoms with Crippen molar-refractivity contribution in [2.24, 2.45) is 0 Å². The lowest BCUT2D eigenvalue weighted by Gasteiger charge is -2.34. The molecule has 0 aliphatic carbocycles. The predicted octanol–water partition coefficient (Wildman–Crippen LogP) is 3.45. The van der Waals surface area contributed by atoms with E-state index in [0.29, 0.717) is 5.13 Å². The first-order valence-electron chi connectivity index (χ1n) is 9.53. The summed E-state index contributed by atoms with van der Waals surface area (Å²) in [5.74, 6) is -0.114. The third kappa shape index (κ3) is 5.45. The van der Waals surface area contributed by atoms with Crippen LogP contribution in [0.15, 0.2) is 35.2 Å². The van der Waals surface area contributed by atoms with Crippen molar-refractivity contribution in [1.29, 1.82) is 0 Å². The number of aromatic nitrogens is 3. The van der Waals surface area contributed by atoms with Crippen LogP contribution >= 0.6 is 22.7 Å². The number of hydrogen-bond donors (Lipinski definition) is 1. The molecule has 0 spiro atoms. The van der Waals surface area contributed by atoms with Gasteiger partial charge in [-0.25, -0.2) is 9.97 Å². The molecule has 1 N–H and O–H groups in total. The maximum Gasteiger partial charge on any atom is 0.232 e. The summed E-state index contributed by atoms with van der Waals surface area (Å²) in [5, 5.41) is 8.23. The molecule has 1 fully saturated rings. The Labute approximate surface area is 177 Å². The van der Waals surface area contributed by atoms with Gasteiger partial charge in [-0.2, -0.15) is 0 Å². The van der Waals surface area contributed by atoms with E-state index >= 15 is 0 Å². The number of hydrogen-bond acceptors (Lipinski definition) is 8. The van der Waals surface area contributed by atoms with Gasteiger partial charge in [0.05, 0.1) is 35.7 Å². The van der Waals surface area contributed by atoms with E-state index in [1.807, 2.05) is 29.0 Å². The molecule has 2 atom stereocenters. The average molecular weight is 430 g/mol. The zero-order chi connectivity index (χ0) is 20.2. The Bertz CT molecular complexity index is 949. The van der Waals surface area contributed by atoms with Gasteiger partial charge in [-0.1, -0.05) is 6.07 Å². The molecule has 152 valence electrons. The van der Waals surface area contributed by atoms with Crippen LogP contribution in [0.25, 0.3) is 10.7 Å². The van der Waals surface area contributed by atoms with E-state index in [4.69, 9.17) is 4.74 Å². The molecule has 1 aliphatic rings. The Morgan fingerprint density at radius 1 is 1.17 bits per heavy atom. The molecule has 3 aromatic heterocycles.